The molecule has 108 valence electrons. The molecule has 0 unspecified atom stereocenters. The topological polar surface area (TPSA) is 69.6 Å². The van der Waals surface area contributed by atoms with Crippen molar-refractivity contribution >= 4 is 17.7 Å². The molecular weight excluding hydrogens is 256 g/mol. The molecule has 1 fully saturated rings. The van der Waals surface area contributed by atoms with Crippen LogP contribution >= 0.6 is 0 Å². The number of nitrogens with one attached hydrogen (secondary N) is 1. The van der Waals surface area contributed by atoms with Crippen molar-refractivity contribution in [2.75, 3.05) is 18.4 Å². The van der Waals surface area contributed by atoms with E-state index >= 15 is 0 Å². The van der Waals surface area contributed by atoms with Crippen LogP contribution < -0.4 is 5.32 Å². The standard InChI is InChI=1S/C15H20N2O3/c1-10-5-6-13(8-11(10)2)16-15(20)17-7-3-4-12(9-17)14(18)19/h5-6,8,12H,3-4,7,9H2,1-2H3,(H,16,20)(H,18,19)/t12-/m1/s1. The lowest BCUT2D eigenvalue weighted by Gasteiger charge is -2.30. The van der Waals surface area contributed by atoms with Crippen molar-refractivity contribution in [1.82, 2.24) is 4.90 Å². The minimum absolute atomic E-state index is 0.223. The van der Waals surface area contributed by atoms with Gasteiger partial charge >= 0.3 is 12.0 Å². The second-order valence-corrected chi connectivity index (χ2v) is 5.35. The summed E-state index contributed by atoms with van der Waals surface area (Å²) in [5, 5.41) is 11.9. The van der Waals surface area contributed by atoms with Crippen LogP contribution in [0.15, 0.2) is 18.2 Å². The summed E-state index contributed by atoms with van der Waals surface area (Å²) in [7, 11) is 0. The Bertz CT molecular complexity index is 528. The van der Waals surface area contributed by atoms with Crippen molar-refractivity contribution in [2.45, 2.75) is 26.7 Å². The molecule has 2 amide bonds. The normalized spacial score (nSPS) is 18.7. The van der Waals surface area contributed by atoms with Crippen LogP contribution in [0.5, 0.6) is 0 Å². The van der Waals surface area contributed by atoms with E-state index in [1.807, 2.05) is 32.0 Å². The SMILES string of the molecule is Cc1ccc(NC(=O)N2CCC[C@@H](C(=O)O)C2)cc1C. The van der Waals surface area contributed by atoms with E-state index in [-0.39, 0.29) is 12.6 Å². The number of aryl methyl sites for hydroxylation is 2. The molecule has 0 aromatic heterocycles. The van der Waals surface area contributed by atoms with E-state index < -0.39 is 11.9 Å². The summed E-state index contributed by atoms with van der Waals surface area (Å²) in [6.07, 6.45) is 1.38. The maximum Gasteiger partial charge on any atom is 0.321 e. The quantitative estimate of drug-likeness (QED) is 0.872. The number of aliphatic carboxylic acids is 1. The molecule has 5 nitrogen and oxygen atoms in total. The molecule has 2 N–H and O–H groups in total. The van der Waals surface area contributed by atoms with E-state index in [1.54, 1.807) is 4.90 Å². The number of piperidine rings is 1. The Kier molecular flexibility index (Phi) is 4.27. The minimum Gasteiger partial charge on any atom is -0.481 e. The van der Waals surface area contributed by atoms with Crippen molar-refractivity contribution in [2.24, 2.45) is 5.92 Å². The monoisotopic (exact) mass is 276 g/mol. The molecule has 1 atom stereocenters. The largest absolute Gasteiger partial charge is 0.481 e. The summed E-state index contributed by atoms with van der Waals surface area (Å²) in [6, 6.07) is 5.52. The van der Waals surface area contributed by atoms with Crippen LogP contribution in [0, 0.1) is 19.8 Å². The molecule has 0 aliphatic carbocycles. The van der Waals surface area contributed by atoms with Gasteiger partial charge in [0.05, 0.1) is 5.92 Å². The van der Waals surface area contributed by atoms with Gasteiger partial charge in [0.2, 0.25) is 0 Å². The Morgan fingerprint density at radius 1 is 1.30 bits per heavy atom. The number of benzene rings is 1. The number of likely N-dealkylation sites (tertiary alicyclic amines) is 1. The molecule has 5 heteroatoms. The van der Waals surface area contributed by atoms with Gasteiger partial charge in [0.1, 0.15) is 0 Å². The highest BCUT2D eigenvalue weighted by atomic mass is 16.4. The average Bonchev–Trinajstić information content (AvgIpc) is 2.43. The Hall–Kier alpha value is -2.04. The summed E-state index contributed by atoms with van der Waals surface area (Å²) >= 11 is 0. The minimum atomic E-state index is -0.825. The van der Waals surface area contributed by atoms with Gasteiger partial charge in [0.25, 0.3) is 0 Å². The molecule has 1 aliphatic rings. The van der Waals surface area contributed by atoms with Gasteiger partial charge in [-0.25, -0.2) is 4.79 Å². The number of carboxylic acids is 1. The van der Waals surface area contributed by atoms with Crippen LogP contribution in [0.25, 0.3) is 0 Å². The number of rotatable bonds is 2. The summed E-state index contributed by atoms with van der Waals surface area (Å²) < 4.78 is 0. The summed E-state index contributed by atoms with van der Waals surface area (Å²) in [5.74, 6) is -1.28. The van der Waals surface area contributed by atoms with Gasteiger partial charge in [-0.1, -0.05) is 6.07 Å². The number of carboxylic acid groups (broad SMARTS) is 1. The van der Waals surface area contributed by atoms with Crippen molar-refractivity contribution in [3.05, 3.63) is 29.3 Å². The first-order valence-corrected chi connectivity index (χ1v) is 6.83. The second-order valence-electron chi connectivity index (χ2n) is 5.35. The van der Waals surface area contributed by atoms with Crippen LogP contribution in [0.1, 0.15) is 24.0 Å². The predicted molar refractivity (Wildman–Crippen MR) is 76.9 cm³/mol. The van der Waals surface area contributed by atoms with Crippen LogP contribution in [0.2, 0.25) is 0 Å². The van der Waals surface area contributed by atoms with Gasteiger partial charge in [-0.2, -0.15) is 0 Å². The fourth-order valence-electron chi connectivity index (χ4n) is 2.38. The van der Waals surface area contributed by atoms with Gasteiger partial charge in [-0.05, 0) is 49.9 Å². The average molecular weight is 276 g/mol. The van der Waals surface area contributed by atoms with E-state index in [0.717, 1.165) is 17.7 Å². The highest BCUT2D eigenvalue weighted by molar-refractivity contribution is 5.90. The molecule has 1 aromatic carbocycles. The molecule has 1 aliphatic heterocycles. The van der Waals surface area contributed by atoms with Gasteiger partial charge in [-0.3, -0.25) is 4.79 Å². The van der Waals surface area contributed by atoms with Crippen LogP contribution in [-0.2, 0) is 4.79 Å². The molecule has 0 spiro atoms. The summed E-state index contributed by atoms with van der Waals surface area (Å²) in [5.41, 5.74) is 3.03. The lowest BCUT2D eigenvalue weighted by atomic mass is 9.99. The second kappa shape index (κ2) is 5.94. The fraction of sp³-hybridized carbons (Fsp3) is 0.467. The number of hydrogen-bond donors (Lipinski definition) is 2. The van der Waals surface area contributed by atoms with E-state index in [4.69, 9.17) is 5.11 Å². The zero-order valence-electron chi connectivity index (χ0n) is 11.8. The van der Waals surface area contributed by atoms with Gasteiger partial charge < -0.3 is 15.3 Å². The van der Waals surface area contributed by atoms with Crippen LogP contribution in [0.3, 0.4) is 0 Å². The van der Waals surface area contributed by atoms with Crippen molar-refractivity contribution in [1.29, 1.82) is 0 Å². The molecule has 0 saturated carbocycles. The number of amides is 2. The highest BCUT2D eigenvalue weighted by Gasteiger charge is 2.28. The maximum absolute atomic E-state index is 12.2. The van der Waals surface area contributed by atoms with Gasteiger partial charge in [0.15, 0.2) is 0 Å². The lowest BCUT2D eigenvalue weighted by molar-refractivity contribution is -0.143. The maximum atomic E-state index is 12.2. The molecule has 1 heterocycles. The molecule has 0 bridgehead atoms. The summed E-state index contributed by atoms with van der Waals surface area (Å²) in [6.45, 7) is 4.90. The van der Waals surface area contributed by atoms with E-state index in [9.17, 15) is 9.59 Å². The predicted octanol–water partition coefficient (Wildman–Crippen LogP) is 2.63. The number of urea groups is 1. The van der Waals surface area contributed by atoms with Gasteiger partial charge in [0, 0.05) is 18.8 Å². The Balaban J connectivity index is 2.00. The molecule has 20 heavy (non-hydrogen) atoms. The first-order chi connectivity index (χ1) is 9.47. The Morgan fingerprint density at radius 2 is 2.05 bits per heavy atom. The van der Waals surface area contributed by atoms with Crippen LogP contribution in [0.4, 0.5) is 10.5 Å². The molecule has 1 saturated heterocycles. The van der Waals surface area contributed by atoms with Crippen molar-refractivity contribution in [3.63, 3.8) is 0 Å². The van der Waals surface area contributed by atoms with E-state index in [0.29, 0.717) is 13.0 Å². The smallest absolute Gasteiger partial charge is 0.321 e. The molecular formula is C15H20N2O3. The fourth-order valence-corrected chi connectivity index (χ4v) is 2.38. The third kappa shape index (κ3) is 3.29. The highest BCUT2D eigenvalue weighted by Crippen LogP contribution is 2.19. The van der Waals surface area contributed by atoms with Gasteiger partial charge in [-0.15, -0.1) is 0 Å². The number of carbonyl (C=O) groups excluding carboxylic acids is 1. The van der Waals surface area contributed by atoms with E-state index in [1.165, 1.54) is 5.56 Å². The number of carbonyl (C=O) groups is 2. The summed E-state index contributed by atoms with van der Waals surface area (Å²) in [4.78, 5) is 24.7. The zero-order chi connectivity index (χ0) is 14.7. The van der Waals surface area contributed by atoms with E-state index in [2.05, 4.69) is 5.32 Å². The third-order valence-electron chi connectivity index (χ3n) is 3.82. The molecule has 2 rings (SSSR count). The lowest BCUT2D eigenvalue weighted by Crippen LogP contribution is -2.44. The third-order valence-corrected chi connectivity index (χ3v) is 3.82. The van der Waals surface area contributed by atoms with Crippen molar-refractivity contribution < 1.29 is 14.7 Å². The number of anilines is 1. The molecule has 1 aromatic rings. The molecule has 0 radical (unpaired) electrons. The first kappa shape index (κ1) is 14.4. The Morgan fingerprint density at radius 3 is 2.70 bits per heavy atom. The van der Waals surface area contributed by atoms with Crippen LogP contribution in [-0.4, -0.2) is 35.1 Å². The first-order valence-electron chi connectivity index (χ1n) is 6.83. The zero-order valence-corrected chi connectivity index (χ0v) is 11.8. The number of hydrogen-bond acceptors (Lipinski definition) is 2. The Labute approximate surface area is 118 Å². The number of nitrogens with zero attached hydrogens (tertiary/aromatic N) is 1. The van der Waals surface area contributed by atoms with Crippen molar-refractivity contribution in [3.8, 4) is 0 Å².